The van der Waals surface area contributed by atoms with Crippen molar-refractivity contribution in [2.45, 2.75) is 52.1 Å². The lowest BCUT2D eigenvalue weighted by Gasteiger charge is -2.29. The molecule has 0 rings (SSSR count). The van der Waals surface area contributed by atoms with Gasteiger partial charge < -0.3 is 11.1 Å². The fourth-order valence-electron chi connectivity index (χ4n) is 0.557. The van der Waals surface area contributed by atoms with E-state index >= 15 is 0 Å². The van der Waals surface area contributed by atoms with Gasteiger partial charge in [-0.2, -0.15) is 0 Å². The Balaban J connectivity index is 4.20. The van der Waals surface area contributed by atoms with Crippen molar-refractivity contribution >= 4 is 5.91 Å². The highest BCUT2D eigenvalue weighted by Gasteiger charge is 2.26. The normalized spacial score (nSPS) is 12.8. The Morgan fingerprint density at radius 3 is 2.00 bits per heavy atom. The molecule has 0 spiro atoms. The number of hydrogen-bond donors (Lipinski definition) is 2. The Bertz CT molecular complexity index is 168. The Labute approximate surface area is 74.7 Å². The lowest BCUT2D eigenvalue weighted by molar-refractivity contribution is -0.126. The van der Waals surface area contributed by atoms with Gasteiger partial charge in [-0.25, -0.2) is 0 Å². The molecule has 0 radical (unpaired) electrons. The van der Waals surface area contributed by atoms with Gasteiger partial charge in [0.2, 0.25) is 5.91 Å². The summed E-state index contributed by atoms with van der Waals surface area (Å²) in [5, 5.41) is 2.88. The van der Waals surface area contributed by atoms with Crippen LogP contribution in [0.5, 0.6) is 0 Å². The zero-order valence-corrected chi connectivity index (χ0v) is 8.69. The summed E-state index contributed by atoms with van der Waals surface area (Å²) >= 11 is 0. The fourth-order valence-corrected chi connectivity index (χ4v) is 0.557. The van der Waals surface area contributed by atoms with Crippen molar-refractivity contribution in [1.82, 2.24) is 5.32 Å². The van der Waals surface area contributed by atoms with E-state index in [0.717, 1.165) is 6.42 Å². The summed E-state index contributed by atoms with van der Waals surface area (Å²) in [6.45, 7) is 9.40. The number of carbonyl (C=O) groups is 1. The van der Waals surface area contributed by atoms with E-state index in [1.54, 1.807) is 13.8 Å². The van der Waals surface area contributed by atoms with Crippen molar-refractivity contribution in [3.63, 3.8) is 0 Å². The second kappa shape index (κ2) is 3.44. The third-order valence-electron chi connectivity index (χ3n) is 1.92. The van der Waals surface area contributed by atoms with Gasteiger partial charge >= 0.3 is 0 Å². The minimum atomic E-state index is -0.785. The number of nitrogens with two attached hydrogens (primary N) is 1. The van der Waals surface area contributed by atoms with Gasteiger partial charge in [0.1, 0.15) is 0 Å². The smallest absolute Gasteiger partial charge is 0.239 e. The lowest BCUT2D eigenvalue weighted by Crippen LogP contribution is -2.55. The first-order chi connectivity index (χ1) is 5.19. The van der Waals surface area contributed by atoms with Gasteiger partial charge in [0, 0.05) is 5.54 Å². The molecule has 12 heavy (non-hydrogen) atoms. The Hall–Kier alpha value is -0.570. The molecular weight excluding hydrogens is 152 g/mol. The summed E-state index contributed by atoms with van der Waals surface area (Å²) in [6.07, 6.45) is 0.898. The van der Waals surface area contributed by atoms with Gasteiger partial charge in [0.25, 0.3) is 0 Å². The lowest BCUT2D eigenvalue weighted by atomic mass is 9.98. The van der Waals surface area contributed by atoms with E-state index in [0.29, 0.717) is 0 Å². The molecule has 0 aliphatic rings. The molecule has 0 saturated carbocycles. The number of rotatable bonds is 3. The van der Waals surface area contributed by atoms with Gasteiger partial charge in [-0.1, -0.05) is 6.92 Å². The largest absolute Gasteiger partial charge is 0.350 e. The molecular formula is C9H20N2O. The van der Waals surface area contributed by atoms with Gasteiger partial charge in [0.05, 0.1) is 5.54 Å². The van der Waals surface area contributed by atoms with Crippen LogP contribution in [0.2, 0.25) is 0 Å². The summed E-state index contributed by atoms with van der Waals surface area (Å²) < 4.78 is 0. The fraction of sp³-hybridized carbons (Fsp3) is 0.889. The van der Waals surface area contributed by atoms with Crippen molar-refractivity contribution < 1.29 is 4.79 Å². The standard InChI is InChI=1S/C9H20N2O/c1-6-8(2,3)11-7(12)9(4,5)10/h6,10H2,1-5H3,(H,11,12). The van der Waals surface area contributed by atoms with Crippen molar-refractivity contribution in [2.24, 2.45) is 5.73 Å². The molecule has 3 heteroatoms. The summed E-state index contributed by atoms with van der Waals surface area (Å²) in [5.74, 6) is -0.102. The average Bonchev–Trinajstić information content (AvgIpc) is 1.85. The molecule has 3 N–H and O–H groups in total. The van der Waals surface area contributed by atoms with E-state index in [9.17, 15) is 4.79 Å². The quantitative estimate of drug-likeness (QED) is 0.668. The van der Waals surface area contributed by atoms with Crippen LogP contribution in [-0.2, 0) is 4.79 Å². The molecule has 0 aliphatic carbocycles. The Morgan fingerprint density at radius 1 is 1.33 bits per heavy atom. The Morgan fingerprint density at radius 2 is 1.75 bits per heavy atom. The van der Waals surface area contributed by atoms with Gasteiger partial charge in [-0.05, 0) is 34.1 Å². The topological polar surface area (TPSA) is 55.1 Å². The zero-order valence-electron chi connectivity index (χ0n) is 8.69. The Kier molecular flexibility index (Phi) is 3.27. The first-order valence-electron chi connectivity index (χ1n) is 4.30. The molecule has 0 unspecified atom stereocenters. The third kappa shape index (κ3) is 3.72. The average molecular weight is 172 g/mol. The highest BCUT2D eigenvalue weighted by Crippen LogP contribution is 2.08. The van der Waals surface area contributed by atoms with E-state index in [1.165, 1.54) is 0 Å². The summed E-state index contributed by atoms with van der Waals surface area (Å²) in [7, 11) is 0. The van der Waals surface area contributed by atoms with E-state index in [-0.39, 0.29) is 11.4 Å². The van der Waals surface area contributed by atoms with E-state index < -0.39 is 5.54 Å². The van der Waals surface area contributed by atoms with Gasteiger partial charge in [0.15, 0.2) is 0 Å². The maximum Gasteiger partial charge on any atom is 0.239 e. The maximum absolute atomic E-state index is 11.4. The number of carbonyl (C=O) groups excluding carboxylic acids is 1. The van der Waals surface area contributed by atoms with Crippen molar-refractivity contribution in [2.75, 3.05) is 0 Å². The molecule has 0 fully saturated rings. The highest BCUT2D eigenvalue weighted by atomic mass is 16.2. The second-order valence-corrected chi connectivity index (χ2v) is 4.41. The van der Waals surface area contributed by atoms with Crippen LogP contribution in [0.25, 0.3) is 0 Å². The molecule has 0 aromatic carbocycles. The first-order valence-corrected chi connectivity index (χ1v) is 4.30. The predicted molar refractivity (Wildman–Crippen MR) is 50.8 cm³/mol. The van der Waals surface area contributed by atoms with Crippen LogP contribution in [-0.4, -0.2) is 17.0 Å². The molecule has 0 saturated heterocycles. The molecule has 0 aliphatic heterocycles. The second-order valence-electron chi connectivity index (χ2n) is 4.41. The molecule has 0 aromatic rings. The predicted octanol–water partition coefficient (Wildman–Crippen LogP) is 1.03. The molecule has 1 amide bonds. The first kappa shape index (κ1) is 11.4. The van der Waals surface area contributed by atoms with E-state index in [4.69, 9.17) is 5.73 Å². The molecule has 0 aromatic heterocycles. The van der Waals surface area contributed by atoms with Crippen molar-refractivity contribution in [1.29, 1.82) is 0 Å². The number of hydrogen-bond acceptors (Lipinski definition) is 2. The third-order valence-corrected chi connectivity index (χ3v) is 1.92. The van der Waals surface area contributed by atoms with Crippen LogP contribution < -0.4 is 11.1 Å². The summed E-state index contributed by atoms with van der Waals surface area (Å²) in [6, 6.07) is 0. The summed E-state index contributed by atoms with van der Waals surface area (Å²) in [5.41, 5.74) is 4.68. The zero-order chi connectivity index (χ0) is 9.99. The van der Waals surface area contributed by atoms with Gasteiger partial charge in [-0.15, -0.1) is 0 Å². The van der Waals surface area contributed by atoms with E-state index in [1.807, 2.05) is 20.8 Å². The number of amides is 1. The molecule has 0 atom stereocenters. The summed E-state index contributed by atoms with van der Waals surface area (Å²) in [4.78, 5) is 11.4. The van der Waals surface area contributed by atoms with Crippen molar-refractivity contribution in [3.05, 3.63) is 0 Å². The van der Waals surface area contributed by atoms with E-state index in [2.05, 4.69) is 5.32 Å². The van der Waals surface area contributed by atoms with Crippen LogP contribution in [0.3, 0.4) is 0 Å². The SMILES string of the molecule is CCC(C)(C)NC(=O)C(C)(C)N. The monoisotopic (exact) mass is 172 g/mol. The minimum absolute atomic E-state index is 0.102. The van der Waals surface area contributed by atoms with Crippen LogP contribution in [0, 0.1) is 0 Å². The van der Waals surface area contributed by atoms with Crippen LogP contribution in [0.15, 0.2) is 0 Å². The number of nitrogens with one attached hydrogen (secondary N) is 1. The molecule has 0 heterocycles. The molecule has 0 bridgehead atoms. The minimum Gasteiger partial charge on any atom is -0.350 e. The van der Waals surface area contributed by atoms with Crippen LogP contribution in [0.1, 0.15) is 41.0 Å². The maximum atomic E-state index is 11.4. The van der Waals surface area contributed by atoms with Crippen LogP contribution >= 0.6 is 0 Å². The van der Waals surface area contributed by atoms with Gasteiger partial charge in [-0.3, -0.25) is 4.79 Å². The van der Waals surface area contributed by atoms with Crippen molar-refractivity contribution in [3.8, 4) is 0 Å². The molecule has 3 nitrogen and oxygen atoms in total. The van der Waals surface area contributed by atoms with Crippen LogP contribution in [0.4, 0.5) is 0 Å². The molecule has 72 valence electrons. The highest BCUT2D eigenvalue weighted by molar-refractivity contribution is 5.85.